The smallest absolute Gasteiger partial charge is 0.0728 e. The summed E-state index contributed by atoms with van der Waals surface area (Å²) in [6, 6.07) is 0. The standard InChI is InChI=1S/C15H28N2O/c1-13-14(2,8-11-18-13)17-10-5-9-16-15(12-17)6-3-4-7-15/h13,16H,3-12H2,1-2H3. The van der Waals surface area contributed by atoms with Gasteiger partial charge in [-0.25, -0.2) is 0 Å². The summed E-state index contributed by atoms with van der Waals surface area (Å²) in [5, 5.41) is 3.86. The lowest BCUT2D eigenvalue weighted by Gasteiger charge is -2.44. The molecular weight excluding hydrogens is 224 g/mol. The van der Waals surface area contributed by atoms with Gasteiger partial charge in [-0.1, -0.05) is 12.8 Å². The Labute approximate surface area is 111 Å². The largest absolute Gasteiger partial charge is 0.377 e. The number of nitrogens with one attached hydrogen (secondary N) is 1. The second-order valence-electron chi connectivity index (χ2n) is 6.81. The van der Waals surface area contributed by atoms with Crippen LogP contribution in [0.5, 0.6) is 0 Å². The maximum atomic E-state index is 5.85. The Balaban J connectivity index is 1.78. The molecule has 0 aromatic rings. The molecular formula is C15H28N2O. The van der Waals surface area contributed by atoms with E-state index >= 15 is 0 Å². The van der Waals surface area contributed by atoms with Gasteiger partial charge in [0.2, 0.25) is 0 Å². The Morgan fingerprint density at radius 1 is 1.17 bits per heavy atom. The van der Waals surface area contributed by atoms with Gasteiger partial charge in [0.05, 0.1) is 6.10 Å². The highest BCUT2D eigenvalue weighted by molar-refractivity contribution is 5.03. The van der Waals surface area contributed by atoms with Crippen molar-refractivity contribution in [3.8, 4) is 0 Å². The van der Waals surface area contributed by atoms with Crippen LogP contribution in [-0.2, 0) is 4.74 Å². The van der Waals surface area contributed by atoms with E-state index in [1.807, 2.05) is 0 Å². The van der Waals surface area contributed by atoms with E-state index in [1.54, 1.807) is 0 Å². The second kappa shape index (κ2) is 4.77. The molecule has 3 nitrogen and oxygen atoms in total. The van der Waals surface area contributed by atoms with E-state index in [-0.39, 0.29) is 5.54 Å². The van der Waals surface area contributed by atoms with E-state index in [9.17, 15) is 0 Å². The van der Waals surface area contributed by atoms with Crippen molar-refractivity contribution in [2.45, 2.75) is 69.6 Å². The van der Waals surface area contributed by atoms with Crippen molar-refractivity contribution in [3.63, 3.8) is 0 Å². The van der Waals surface area contributed by atoms with Crippen molar-refractivity contribution in [2.75, 3.05) is 26.2 Å². The fourth-order valence-electron chi connectivity index (χ4n) is 4.19. The lowest BCUT2D eigenvalue weighted by Crippen LogP contribution is -2.57. The molecule has 3 heteroatoms. The molecule has 1 aliphatic carbocycles. The molecule has 18 heavy (non-hydrogen) atoms. The molecule has 2 aliphatic heterocycles. The number of rotatable bonds is 1. The normalized spacial score (nSPS) is 41.3. The molecule has 0 aromatic heterocycles. The van der Waals surface area contributed by atoms with Crippen molar-refractivity contribution < 1.29 is 4.74 Å². The molecule has 3 aliphatic rings. The predicted octanol–water partition coefficient (Wildman–Crippen LogP) is 2.16. The van der Waals surface area contributed by atoms with Crippen LogP contribution in [0.4, 0.5) is 0 Å². The van der Waals surface area contributed by atoms with Crippen molar-refractivity contribution in [3.05, 3.63) is 0 Å². The molecule has 2 unspecified atom stereocenters. The highest BCUT2D eigenvalue weighted by Crippen LogP contribution is 2.38. The third kappa shape index (κ3) is 2.10. The third-order valence-electron chi connectivity index (χ3n) is 5.73. The maximum Gasteiger partial charge on any atom is 0.0728 e. The van der Waals surface area contributed by atoms with E-state index in [2.05, 4.69) is 24.1 Å². The molecule has 2 saturated heterocycles. The fraction of sp³-hybridized carbons (Fsp3) is 1.00. The first-order valence-electron chi connectivity index (χ1n) is 7.76. The first-order valence-corrected chi connectivity index (χ1v) is 7.76. The van der Waals surface area contributed by atoms with Gasteiger partial charge in [0.25, 0.3) is 0 Å². The minimum absolute atomic E-state index is 0.265. The molecule has 1 N–H and O–H groups in total. The Bertz CT molecular complexity index is 301. The van der Waals surface area contributed by atoms with Gasteiger partial charge in [-0.2, -0.15) is 0 Å². The first-order chi connectivity index (χ1) is 8.65. The van der Waals surface area contributed by atoms with E-state index in [0.717, 1.165) is 6.61 Å². The quantitative estimate of drug-likeness (QED) is 0.774. The molecule has 0 amide bonds. The molecule has 3 fully saturated rings. The van der Waals surface area contributed by atoms with E-state index < -0.39 is 0 Å². The summed E-state index contributed by atoms with van der Waals surface area (Å²) < 4.78 is 5.85. The van der Waals surface area contributed by atoms with E-state index in [0.29, 0.717) is 11.6 Å². The summed E-state index contributed by atoms with van der Waals surface area (Å²) in [6.45, 7) is 9.28. The van der Waals surface area contributed by atoms with E-state index in [1.165, 1.54) is 58.2 Å². The van der Waals surface area contributed by atoms with Crippen molar-refractivity contribution in [2.24, 2.45) is 0 Å². The zero-order chi connectivity index (χ0) is 12.6. The van der Waals surface area contributed by atoms with Gasteiger partial charge in [-0.15, -0.1) is 0 Å². The van der Waals surface area contributed by atoms with Crippen LogP contribution in [0.25, 0.3) is 0 Å². The van der Waals surface area contributed by atoms with Gasteiger partial charge in [-0.3, -0.25) is 4.90 Å². The summed E-state index contributed by atoms with van der Waals surface area (Å²) in [4.78, 5) is 2.75. The Kier molecular flexibility index (Phi) is 3.41. The van der Waals surface area contributed by atoms with Crippen molar-refractivity contribution >= 4 is 0 Å². The van der Waals surface area contributed by atoms with Crippen LogP contribution in [-0.4, -0.2) is 48.3 Å². The van der Waals surface area contributed by atoms with Gasteiger partial charge in [0.1, 0.15) is 0 Å². The molecule has 0 aromatic carbocycles. The van der Waals surface area contributed by atoms with Crippen LogP contribution < -0.4 is 5.32 Å². The van der Waals surface area contributed by atoms with E-state index in [4.69, 9.17) is 4.74 Å². The van der Waals surface area contributed by atoms with Crippen molar-refractivity contribution in [1.82, 2.24) is 10.2 Å². The van der Waals surface area contributed by atoms with Crippen molar-refractivity contribution in [1.29, 1.82) is 0 Å². The summed E-state index contributed by atoms with van der Waals surface area (Å²) in [6.07, 6.45) is 8.42. The Hall–Kier alpha value is -0.120. The van der Waals surface area contributed by atoms with Gasteiger partial charge in [-0.05, 0) is 46.1 Å². The van der Waals surface area contributed by atoms with Crippen LogP contribution in [0.2, 0.25) is 0 Å². The monoisotopic (exact) mass is 252 g/mol. The number of hydrogen-bond donors (Lipinski definition) is 1. The molecule has 2 atom stereocenters. The molecule has 3 rings (SSSR count). The summed E-state index contributed by atoms with van der Waals surface area (Å²) in [5.74, 6) is 0. The van der Waals surface area contributed by atoms with Gasteiger partial charge in [0.15, 0.2) is 0 Å². The fourth-order valence-corrected chi connectivity index (χ4v) is 4.19. The Morgan fingerprint density at radius 3 is 2.61 bits per heavy atom. The second-order valence-corrected chi connectivity index (χ2v) is 6.81. The topological polar surface area (TPSA) is 24.5 Å². The van der Waals surface area contributed by atoms with Crippen LogP contribution in [0.1, 0.15) is 52.4 Å². The molecule has 1 saturated carbocycles. The zero-order valence-electron chi connectivity index (χ0n) is 12.0. The molecule has 1 spiro atoms. The lowest BCUT2D eigenvalue weighted by molar-refractivity contribution is 0.0112. The summed E-state index contributed by atoms with van der Waals surface area (Å²) >= 11 is 0. The molecule has 104 valence electrons. The minimum Gasteiger partial charge on any atom is -0.377 e. The van der Waals surface area contributed by atoms with Gasteiger partial charge >= 0.3 is 0 Å². The van der Waals surface area contributed by atoms with Crippen LogP contribution in [0, 0.1) is 0 Å². The van der Waals surface area contributed by atoms with Crippen LogP contribution in [0.3, 0.4) is 0 Å². The van der Waals surface area contributed by atoms with Gasteiger partial charge in [0, 0.05) is 30.8 Å². The SMILES string of the molecule is CC1OCCC1(C)N1CCCNC2(CCCC2)C1. The number of ether oxygens (including phenoxy) is 1. The highest BCUT2D eigenvalue weighted by Gasteiger charge is 2.46. The number of hydrogen-bond acceptors (Lipinski definition) is 3. The third-order valence-corrected chi connectivity index (χ3v) is 5.73. The summed E-state index contributed by atoms with van der Waals surface area (Å²) in [5.41, 5.74) is 0.684. The summed E-state index contributed by atoms with van der Waals surface area (Å²) in [7, 11) is 0. The van der Waals surface area contributed by atoms with Crippen LogP contribution >= 0.6 is 0 Å². The average Bonchev–Trinajstić information content (AvgIpc) is 2.85. The highest BCUT2D eigenvalue weighted by atomic mass is 16.5. The minimum atomic E-state index is 0.265. The molecule has 0 bridgehead atoms. The predicted molar refractivity (Wildman–Crippen MR) is 73.8 cm³/mol. The first kappa shape index (κ1) is 12.9. The zero-order valence-corrected chi connectivity index (χ0v) is 12.0. The average molecular weight is 252 g/mol. The lowest BCUT2D eigenvalue weighted by atomic mass is 9.88. The van der Waals surface area contributed by atoms with Gasteiger partial charge < -0.3 is 10.1 Å². The number of nitrogens with zero attached hydrogens (tertiary/aromatic N) is 1. The van der Waals surface area contributed by atoms with Crippen LogP contribution in [0.15, 0.2) is 0 Å². The molecule has 0 radical (unpaired) electrons. The Morgan fingerprint density at radius 2 is 1.94 bits per heavy atom. The maximum absolute atomic E-state index is 5.85. The molecule has 2 heterocycles.